The van der Waals surface area contributed by atoms with Crippen LogP contribution in [0, 0.1) is 11.3 Å². The van der Waals surface area contributed by atoms with Crippen molar-refractivity contribution < 1.29 is 14.3 Å². The number of para-hydroxylation sites is 1. The number of ether oxygens (including phenoxy) is 2. The van der Waals surface area contributed by atoms with Crippen LogP contribution >= 0.6 is 22.9 Å². The summed E-state index contributed by atoms with van der Waals surface area (Å²) in [4.78, 5) is 17.2. The van der Waals surface area contributed by atoms with E-state index in [0.717, 1.165) is 16.9 Å². The van der Waals surface area contributed by atoms with E-state index in [2.05, 4.69) is 26.6 Å². The van der Waals surface area contributed by atoms with Crippen LogP contribution in [0.5, 0.6) is 10.9 Å². The molecule has 8 nitrogen and oxygen atoms in total. The summed E-state index contributed by atoms with van der Waals surface area (Å²) in [7, 11) is 1.47. The van der Waals surface area contributed by atoms with Crippen LogP contribution in [0.3, 0.4) is 0 Å². The summed E-state index contributed by atoms with van der Waals surface area (Å²) >= 11 is 6.99. The Balaban J connectivity index is 1.52. The van der Waals surface area contributed by atoms with Crippen molar-refractivity contribution >= 4 is 34.0 Å². The molecule has 1 N–H and O–H groups in total. The van der Waals surface area contributed by atoms with E-state index in [9.17, 15) is 10.1 Å². The molecule has 0 aliphatic heterocycles. The molecule has 4 rings (SSSR count). The Morgan fingerprint density at radius 1 is 1.15 bits per heavy atom. The molecule has 0 spiro atoms. The Labute approximate surface area is 198 Å². The van der Waals surface area contributed by atoms with Crippen LogP contribution < -0.4 is 14.8 Å². The van der Waals surface area contributed by atoms with Gasteiger partial charge in [-0.2, -0.15) is 5.26 Å². The van der Waals surface area contributed by atoms with Crippen molar-refractivity contribution in [1.82, 2.24) is 15.2 Å². The number of benzene rings is 2. The average Bonchev–Trinajstić information content (AvgIpc) is 3.30. The topological polar surface area (TPSA) is 110 Å². The molecule has 0 fully saturated rings. The number of hydrogen-bond donors (Lipinski definition) is 1. The van der Waals surface area contributed by atoms with Crippen molar-refractivity contribution in [1.29, 1.82) is 5.26 Å². The molecule has 2 aromatic carbocycles. The first-order valence-corrected chi connectivity index (χ1v) is 10.8. The minimum atomic E-state index is -0.405. The van der Waals surface area contributed by atoms with Gasteiger partial charge in [-0.15, -0.1) is 5.10 Å². The third-order valence-electron chi connectivity index (χ3n) is 4.60. The monoisotopic (exact) mass is 477 g/mol. The highest BCUT2D eigenvalue weighted by Crippen LogP contribution is 2.35. The first kappa shape index (κ1) is 22.2. The van der Waals surface area contributed by atoms with Gasteiger partial charge in [0.05, 0.1) is 18.2 Å². The number of nitriles is 1. The second-order valence-corrected chi connectivity index (χ2v) is 8.04. The van der Waals surface area contributed by atoms with Gasteiger partial charge >= 0.3 is 0 Å². The van der Waals surface area contributed by atoms with E-state index in [4.69, 9.17) is 21.1 Å². The number of halogens is 1. The zero-order valence-electron chi connectivity index (χ0n) is 17.3. The number of aromatic nitrogens is 3. The van der Waals surface area contributed by atoms with Crippen molar-refractivity contribution in [3.05, 3.63) is 82.6 Å². The van der Waals surface area contributed by atoms with Crippen molar-refractivity contribution in [2.45, 2.75) is 6.61 Å². The molecule has 0 unspecified atom stereocenters. The fourth-order valence-corrected chi connectivity index (χ4v) is 3.79. The van der Waals surface area contributed by atoms with E-state index in [1.54, 1.807) is 42.6 Å². The van der Waals surface area contributed by atoms with E-state index >= 15 is 0 Å². The number of methoxy groups -OCH3 is 1. The molecule has 0 radical (unpaired) electrons. The van der Waals surface area contributed by atoms with Crippen molar-refractivity contribution in [2.24, 2.45) is 0 Å². The lowest BCUT2D eigenvalue weighted by Gasteiger charge is -2.13. The summed E-state index contributed by atoms with van der Waals surface area (Å²) in [5.41, 5.74) is 2.73. The minimum absolute atomic E-state index is 0.284. The highest BCUT2D eigenvalue weighted by molar-refractivity contribution is 7.17. The Morgan fingerprint density at radius 2 is 1.97 bits per heavy atom. The molecular formula is C23H16ClN5O3S. The molecular weight excluding hydrogens is 462 g/mol. The number of amides is 1. The van der Waals surface area contributed by atoms with Gasteiger partial charge in [-0.1, -0.05) is 41.0 Å². The first-order chi connectivity index (χ1) is 16.1. The highest BCUT2D eigenvalue weighted by Gasteiger charge is 2.19. The van der Waals surface area contributed by atoms with Crippen LogP contribution in [0.1, 0.15) is 21.5 Å². The molecule has 33 heavy (non-hydrogen) atoms. The quantitative estimate of drug-likeness (QED) is 0.400. The lowest BCUT2D eigenvalue weighted by Crippen LogP contribution is -2.13. The normalized spacial score (nSPS) is 10.3. The molecule has 2 heterocycles. The zero-order chi connectivity index (χ0) is 23.2. The standard InChI is InChI=1S/C23H16ClN5O3S/c1-31-20-15(11-25)3-2-4-17(20)19-12-26-10-9-18(19)21(30)27-22-28-29-23(33-22)32-13-14-5-7-16(24)8-6-14/h2-10,12H,13H2,1H3,(H,27,28,30). The molecule has 164 valence electrons. The maximum atomic E-state index is 13.0. The number of pyridine rings is 1. The number of nitrogens with zero attached hydrogens (tertiary/aromatic N) is 4. The van der Waals surface area contributed by atoms with Crippen molar-refractivity contribution in [3.8, 4) is 28.1 Å². The van der Waals surface area contributed by atoms with Gasteiger partial charge in [-0.3, -0.25) is 15.1 Å². The zero-order valence-corrected chi connectivity index (χ0v) is 18.9. The smallest absolute Gasteiger partial charge is 0.296 e. The largest absolute Gasteiger partial charge is 0.495 e. The van der Waals surface area contributed by atoms with Gasteiger partial charge in [0.1, 0.15) is 18.4 Å². The molecule has 4 aromatic rings. The van der Waals surface area contributed by atoms with Crippen LogP contribution in [0.2, 0.25) is 5.02 Å². The maximum absolute atomic E-state index is 13.0. The molecule has 0 aliphatic rings. The third kappa shape index (κ3) is 5.09. The lowest BCUT2D eigenvalue weighted by molar-refractivity contribution is 0.102. The molecule has 0 bridgehead atoms. The summed E-state index contributed by atoms with van der Waals surface area (Å²) in [6.07, 6.45) is 3.06. The number of carbonyl (C=O) groups is 1. The molecule has 0 aliphatic carbocycles. The van der Waals surface area contributed by atoms with E-state index in [0.29, 0.717) is 44.8 Å². The Morgan fingerprint density at radius 3 is 2.73 bits per heavy atom. The van der Waals surface area contributed by atoms with Gasteiger partial charge < -0.3 is 9.47 Å². The number of nitrogens with one attached hydrogen (secondary N) is 1. The van der Waals surface area contributed by atoms with Gasteiger partial charge in [0.15, 0.2) is 0 Å². The molecule has 2 aromatic heterocycles. The molecule has 0 saturated carbocycles. The van der Waals surface area contributed by atoms with Gasteiger partial charge in [-0.05, 0) is 41.2 Å². The van der Waals surface area contributed by atoms with Gasteiger partial charge in [0.25, 0.3) is 11.1 Å². The molecule has 10 heteroatoms. The SMILES string of the molecule is COc1c(C#N)cccc1-c1cnccc1C(=O)Nc1nnc(OCc2ccc(Cl)cc2)s1. The van der Waals surface area contributed by atoms with E-state index in [-0.39, 0.29) is 5.13 Å². The van der Waals surface area contributed by atoms with Gasteiger partial charge in [-0.25, -0.2) is 0 Å². The summed E-state index contributed by atoms with van der Waals surface area (Å²) in [5, 5.41) is 21.3. The van der Waals surface area contributed by atoms with E-state index < -0.39 is 5.91 Å². The minimum Gasteiger partial charge on any atom is -0.495 e. The molecule has 1 amide bonds. The Bertz CT molecular complexity index is 1330. The third-order valence-corrected chi connectivity index (χ3v) is 5.60. The lowest BCUT2D eigenvalue weighted by atomic mass is 9.98. The Kier molecular flexibility index (Phi) is 6.78. The summed E-state index contributed by atoms with van der Waals surface area (Å²) in [6, 6.07) is 16.1. The van der Waals surface area contributed by atoms with Crippen LogP contribution in [0.4, 0.5) is 5.13 Å². The highest BCUT2D eigenvalue weighted by atomic mass is 35.5. The van der Waals surface area contributed by atoms with Crippen LogP contribution in [0.25, 0.3) is 11.1 Å². The van der Waals surface area contributed by atoms with Crippen LogP contribution in [-0.2, 0) is 6.61 Å². The predicted octanol–water partition coefficient (Wildman–Crippen LogP) is 4.97. The number of hydrogen-bond acceptors (Lipinski definition) is 8. The average molecular weight is 478 g/mol. The van der Waals surface area contributed by atoms with Crippen molar-refractivity contribution in [2.75, 3.05) is 12.4 Å². The van der Waals surface area contributed by atoms with E-state index in [1.807, 2.05) is 12.1 Å². The van der Waals surface area contributed by atoms with Crippen LogP contribution in [-0.4, -0.2) is 28.2 Å². The fraction of sp³-hybridized carbons (Fsp3) is 0.0870. The molecule has 0 saturated heterocycles. The first-order valence-electron chi connectivity index (χ1n) is 9.62. The summed E-state index contributed by atoms with van der Waals surface area (Å²) in [5.74, 6) is -0.0342. The van der Waals surface area contributed by atoms with Gasteiger partial charge in [0.2, 0.25) is 5.13 Å². The summed E-state index contributed by atoms with van der Waals surface area (Å²) < 4.78 is 11.1. The number of anilines is 1. The second kappa shape index (κ2) is 10.1. The van der Waals surface area contributed by atoms with Crippen molar-refractivity contribution in [3.63, 3.8) is 0 Å². The predicted molar refractivity (Wildman–Crippen MR) is 125 cm³/mol. The summed E-state index contributed by atoms with van der Waals surface area (Å²) in [6.45, 7) is 0.295. The molecule has 0 atom stereocenters. The maximum Gasteiger partial charge on any atom is 0.296 e. The van der Waals surface area contributed by atoms with Crippen LogP contribution in [0.15, 0.2) is 60.9 Å². The fourth-order valence-electron chi connectivity index (χ4n) is 3.07. The van der Waals surface area contributed by atoms with E-state index in [1.165, 1.54) is 13.3 Å². The number of rotatable bonds is 7. The Hall–Kier alpha value is -4.00. The second-order valence-electron chi connectivity index (χ2n) is 6.66. The van der Waals surface area contributed by atoms with Gasteiger partial charge in [0, 0.05) is 28.5 Å². The number of carbonyl (C=O) groups excluding carboxylic acids is 1.